The molecule has 0 saturated heterocycles. The fourth-order valence-electron chi connectivity index (χ4n) is 1.27. The van der Waals surface area contributed by atoms with Crippen LogP contribution in [0.4, 0.5) is 4.79 Å². The highest BCUT2D eigenvalue weighted by molar-refractivity contribution is 14.1. The molecule has 5 nitrogen and oxygen atoms in total. The highest BCUT2D eigenvalue weighted by atomic mass is 127. The number of carbonyl (C=O) groups excluding carboxylic acids is 2. The molecule has 104 valence electrons. The van der Waals surface area contributed by atoms with Gasteiger partial charge in [0, 0.05) is 35.2 Å². The van der Waals surface area contributed by atoms with Gasteiger partial charge in [-0.25, -0.2) is 4.79 Å². The summed E-state index contributed by atoms with van der Waals surface area (Å²) in [4.78, 5) is 24.6. The Morgan fingerprint density at radius 2 is 1.89 bits per heavy atom. The van der Waals surface area contributed by atoms with Gasteiger partial charge >= 0.3 is 6.03 Å². The van der Waals surface area contributed by atoms with Crippen molar-refractivity contribution in [3.63, 3.8) is 0 Å². The summed E-state index contributed by atoms with van der Waals surface area (Å²) >= 11 is 5.49. The van der Waals surface area contributed by atoms with Crippen LogP contribution in [-0.2, 0) is 0 Å². The van der Waals surface area contributed by atoms with E-state index in [2.05, 4.69) is 49.2 Å². The Bertz CT molecular complexity index is 480. The molecule has 0 bridgehead atoms. The Kier molecular flexibility index (Phi) is 6.56. The average Bonchev–Trinajstić information content (AvgIpc) is 2.36. The summed E-state index contributed by atoms with van der Waals surface area (Å²) in [5.41, 5.74) is 0.589. The molecule has 0 aliphatic carbocycles. The normalized spacial score (nSPS) is 9.89. The lowest BCUT2D eigenvalue weighted by molar-refractivity contribution is 0.0953. The van der Waals surface area contributed by atoms with Gasteiger partial charge < -0.3 is 15.5 Å². The lowest BCUT2D eigenvalue weighted by Crippen LogP contribution is -2.39. The van der Waals surface area contributed by atoms with Crippen LogP contribution >= 0.6 is 38.5 Å². The van der Waals surface area contributed by atoms with E-state index >= 15 is 0 Å². The number of urea groups is 1. The standard InChI is InChI=1S/C12H15BrIN3O2/c1-17(2)12(19)16-6-5-15-11(18)9-7-8(14)3-4-10(9)13/h3-4,7H,5-6H2,1-2H3,(H,15,18)(H,16,19). The molecule has 7 heteroatoms. The van der Waals surface area contributed by atoms with E-state index in [1.165, 1.54) is 4.90 Å². The minimum absolute atomic E-state index is 0.163. The number of halogens is 2. The molecule has 0 heterocycles. The lowest BCUT2D eigenvalue weighted by Gasteiger charge is -2.12. The number of hydrogen-bond donors (Lipinski definition) is 2. The molecule has 0 aliphatic rings. The summed E-state index contributed by atoms with van der Waals surface area (Å²) < 4.78 is 1.75. The van der Waals surface area contributed by atoms with Crippen molar-refractivity contribution in [1.29, 1.82) is 0 Å². The third kappa shape index (κ3) is 5.35. The Balaban J connectivity index is 2.44. The molecule has 19 heavy (non-hydrogen) atoms. The van der Waals surface area contributed by atoms with Crippen LogP contribution in [0.25, 0.3) is 0 Å². The van der Waals surface area contributed by atoms with Gasteiger partial charge in [0.2, 0.25) is 0 Å². The summed E-state index contributed by atoms with van der Waals surface area (Å²) in [5, 5.41) is 5.43. The first-order valence-electron chi connectivity index (χ1n) is 5.60. The molecular formula is C12H15BrIN3O2. The van der Waals surface area contributed by atoms with E-state index in [1.807, 2.05) is 12.1 Å². The second kappa shape index (κ2) is 7.68. The fraction of sp³-hybridized carbons (Fsp3) is 0.333. The SMILES string of the molecule is CN(C)C(=O)NCCNC(=O)c1cc(I)ccc1Br. The van der Waals surface area contributed by atoms with E-state index < -0.39 is 0 Å². The van der Waals surface area contributed by atoms with Crippen LogP contribution < -0.4 is 10.6 Å². The van der Waals surface area contributed by atoms with Crippen molar-refractivity contribution >= 4 is 50.5 Å². The maximum Gasteiger partial charge on any atom is 0.316 e. The highest BCUT2D eigenvalue weighted by Gasteiger charge is 2.10. The largest absolute Gasteiger partial charge is 0.350 e. The Morgan fingerprint density at radius 3 is 2.53 bits per heavy atom. The summed E-state index contributed by atoms with van der Waals surface area (Å²) in [6.07, 6.45) is 0. The molecule has 0 atom stereocenters. The smallest absolute Gasteiger partial charge is 0.316 e. The summed E-state index contributed by atoms with van der Waals surface area (Å²) in [6, 6.07) is 5.38. The van der Waals surface area contributed by atoms with E-state index in [-0.39, 0.29) is 11.9 Å². The highest BCUT2D eigenvalue weighted by Crippen LogP contribution is 2.19. The number of hydrogen-bond acceptors (Lipinski definition) is 2. The van der Waals surface area contributed by atoms with Crippen molar-refractivity contribution in [1.82, 2.24) is 15.5 Å². The number of benzene rings is 1. The van der Waals surface area contributed by atoms with Gasteiger partial charge in [-0.1, -0.05) is 0 Å². The van der Waals surface area contributed by atoms with E-state index in [1.54, 1.807) is 20.2 Å². The summed E-state index contributed by atoms with van der Waals surface area (Å²) in [5.74, 6) is -0.163. The molecule has 0 radical (unpaired) electrons. The minimum atomic E-state index is -0.176. The van der Waals surface area contributed by atoms with Crippen LogP contribution in [0, 0.1) is 3.57 Å². The second-order valence-corrected chi connectivity index (χ2v) is 6.11. The third-order valence-corrected chi connectivity index (χ3v) is 3.63. The zero-order valence-electron chi connectivity index (χ0n) is 10.7. The molecule has 2 N–H and O–H groups in total. The minimum Gasteiger partial charge on any atom is -0.350 e. The maximum absolute atomic E-state index is 11.9. The van der Waals surface area contributed by atoms with Gasteiger partial charge in [-0.15, -0.1) is 0 Å². The molecule has 0 fully saturated rings. The van der Waals surface area contributed by atoms with Crippen molar-refractivity contribution in [3.8, 4) is 0 Å². The fourth-order valence-corrected chi connectivity index (χ4v) is 2.19. The predicted molar refractivity (Wildman–Crippen MR) is 86.3 cm³/mol. The number of rotatable bonds is 4. The van der Waals surface area contributed by atoms with Gasteiger partial charge in [-0.05, 0) is 56.7 Å². The Morgan fingerprint density at radius 1 is 1.26 bits per heavy atom. The number of nitrogens with zero attached hydrogens (tertiary/aromatic N) is 1. The molecule has 1 rings (SSSR count). The van der Waals surface area contributed by atoms with Crippen LogP contribution in [0.2, 0.25) is 0 Å². The topological polar surface area (TPSA) is 61.4 Å². The van der Waals surface area contributed by atoms with E-state index in [9.17, 15) is 9.59 Å². The van der Waals surface area contributed by atoms with Crippen molar-refractivity contribution in [2.24, 2.45) is 0 Å². The van der Waals surface area contributed by atoms with Gasteiger partial charge in [0.1, 0.15) is 0 Å². The first-order chi connectivity index (χ1) is 8.91. The van der Waals surface area contributed by atoms with Crippen LogP contribution in [0.1, 0.15) is 10.4 Å². The molecule has 0 unspecified atom stereocenters. The van der Waals surface area contributed by atoms with Crippen molar-refractivity contribution < 1.29 is 9.59 Å². The van der Waals surface area contributed by atoms with Gasteiger partial charge in [-0.2, -0.15) is 0 Å². The molecule has 0 spiro atoms. The van der Waals surface area contributed by atoms with Gasteiger partial charge in [-0.3, -0.25) is 4.79 Å². The lowest BCUT2D eigenvalue weighted by atomic mass is 10.2. The molecule has 0 aliphatic heterocycles. The van der Waals surface area contributed by atoms with E-state index in [0.717, 1.165) is 8.04 Å². The van der Waals surface area contributed by atoms with Crippen molar-refractivity contribution in [3.05, 3.63) is 31.8 Å². The van der Waals surface area contributed by atoms with Crippen LogP contribution in [0.5, 0.6) is 0 Å². The first kappa shape index (κ1) is 16.2. The average molecular weight is 440 g/mol. The Hall–Kier alpha value is -0.830. The number of nitrogens with one attached hydrogen (secondary N) is 2. The monoisotopic (exact) mass is 439 g/mol. The predicted octanol–water partition coefficient (Wildman–Crippen LogP) is 2.05. The van der Waals surface area contributed by atoms with Crippen molar-refractivity contribution in [2.45, 2.75) is 0 Å². The molecule has 1 aromatic rings. The summed E-state index contributed by atoms with van der Waals surface area (Å²) in [7, 11) is 3.33. The second-order valence-electron chi connectivity index (χ2n) is 4.01. The molecule has 1 aromatic carbocycles. The zero-order valence-corrected chi connectivity index (χ0v) is 14.4. The quantitative estimate of drug-likeness (QED) is 0.557. The molecule has 3 amide bonds. The summed E-state index contributed by atoms with van der Waals surface area (Å²) in [6.45, 7) is 0.778. The van der Waals surface area contributed by atoms with Gasteiger partial charge in [0.15, 0.2) is 0 Å². The number of amides is 3. The van der Waals surface area contributed by atoms with Crippen LogP contribution in [0.15, 0.2) is 22.7 Å². The Labute approximate surface area is 134 Å². The van der Waals surface area contributed by atoms with Crippen LogP contribution in [-0.4, -0.2) is 44.0 Å². The van der Waals surface area contributed by atoms with E-state index in [4.69, 9.17) is 0 Å². The van der Waals surface area contributed by atoms with Gasteiger partial charge in [0.05, 0.1) is 5.56 Å². The zero-order chi connectivity index (χ0) is 14.4. The van der Waals surface area contributed by atoms with E-state index in [0.29, 0.717) is 18.7 Å². The molecule has 0 saturated carbocycles. The third-order valence-electron chi connectivity index (χ3n) is 2.27. The molecular weight excluding hydrogens is 425 g/mol. The van der Waals surface area contributed by atoms with Crippen LogP contribution in [0.3, 0.4) is 0 Å². The maximum atomic E-state index is 11.9. The van der Waals surface area contributed by atoms with Gasteiger partial charge in [0.25, 0.3) is 5.91 Å². The number of carbonyl (C=O) groups is 2. The molecule has 0 aromatic heterocycles. The van der Waals surface area contributed by atoms with Crippen molar-refractivity contribution in [2.75, 3.05) is 27.2 Å². The first-order valence-corrected chi connectivity index (χ1v) is 7.47.